The number of halogens is 3. The molecule has 626 valence electrons. The minimum atomic E-state index is -0.118. The van der Waals surface area contributed by atoms with E-state index < -0.39 is 0 Å². The Kier molecular flexibility index (Phi) is 17.9. The highest BCUT2D eigenvalue weighted by atomic mass is 79.9. The second-order valence-corrected chi connectivity index (χ2v) is 38.5. The molecular formula is C118H87Br2ClN9-. The van der Waals surface area contributed by atoms with Crippen LogP contribution in [0.3, 0.4) is 0 Å². The van der Waals surface area contributed by atoms with Gasteiger partial charge in [-0.25, -0.2) is 9.97 Å². The molecule has 4 aliphatic heterocycles. The molecule has 4 aliphatic rings. The smallest absolute Gasteiger partial charge is 0.235 e. The van der Waals surface area contributed by atoms with Crippen molar-refractivity contribution in [2.75, 3.05) is 5.32 Å². The number of benzene rings is 17. The van der Waals surface area contributed by atoms with Crippen LogP contribution in [0.4, 0.5) is 11.4 Å². The van der Waals surface area contributed by atoms with Crippen molar-refractivity contribution in [3.05, 3.63) is 424 Å². The Bertz CT molecular complexity index is 8840. The lowest BCUT2D eigenvalue weighted by Gasteiger charge is -2.34. The van der Waals surface area contributed by atoms with E-state index in [1.54, 1.807) is 0 Å². The lowest BCUT2D eigenvalue weighted by molar-refractivity contribution is -0.0000250. The monoisotopic (exact) mass is 1820 g/mol. The average molecular weight is 1830 g/mol. The van der Waals surface area contributed by atoms with Crippen LogP contribution in [0.1, 0.15) is 99.9 Å². The van der Waals surface area contributed by atoms with Crippen molar-refractivity contribution in [2.45, 2.75) is 77.0 Å². The zero-order valence-electron chi connectivity index (χ0n) is 73.0. The molecule has 0 bridgehead atoms. The SMILES string of the molecule is CC1(C)c2ccccc2-n2c3ccc(Br)cc3c3cccc1c32.CC1(C)c2ccccc2-n2c3ccc(Nc4ccccc4Cl)cc3c3cccc1c32.CC1(C)c2ccccc2-n2c3ccc4[nH]c5ccccc5c4c3c3cccc1c32.CC1(C)c2ccccc2-n2c3ccc4c(c5ccccc5n4-c4nc(-c5ccccc5)cc(-c5ccccc5)n4)c3c3cccc1c32.[Br-]. The van der Waals surface area contributed by atoms with Crippen LogP contribution < -0.4 is 22.3 Å². The Labute approximate surface area is 776 Å². The van der Waals surface area contributed by atoms with Crippen molar-refractivity contribution >= 4 is 170 Å². The summed E-state index contributed by atoms with van der Waals surface area (Å²) in [4.78, 5) is 14.1. The number of anilines is 2. The zero-order chi connectivity index (χ0) is 86.8. The minimum absolute atomic E-state index is 0. The van der Waals surface area contributed by atoms with Crippen LogP contribution in [0, 0.1) is 0 Å². The number of para-hydroxylation sites is 11. The Balaban J connectivity index is 0.0000000994. The Morgan fingerprint density at radius 3 is 1.14 bits per heavy atom. The Morgan fingerprint density at radius 1 is 0.277 bits per heavy atom. The predicted molar refractivity (Wildman–Crippen MR) is 544 cm³/mol. The fraction of sp³-hybridized carbons (Fsp3) is 0.102. The fourth-order valence-corrected chi connectivity index (χ4v) is 23.2. The number of hydrogen-bond acceptors (Lipinski definition) is 3. The normalized spacial score (nSPS) is 14.1. The summed E-state index contributed by atoms with van der Waals surface area (Å²) in [6.45, 7) is 18.7. The van der Waals surface area contributed by atoms with Gasteiger partial charge in [0.25, 0.3) is 0 Å². The summed E-state index contributed by atoms with van der Waals surface area (Å²) in [6, 6.07) is 133. The zero-order valence-corrected chi connectivity index (χ0v) is 76.9. The third kappa shape index (κ3) is 11.5. The quantitative estimate of drug-likeness (QED) is 0.180. The molecule has 0 radical (unpaired) electrons. The van der Waals surface area contributed by atoms with Gasteiger partial charge in [0.2, 0.25) is 5.95 Å². The van der Waals surface area contributed by atoms with Crippen molar-refractivity contribution < 1.29 is 17.0 Å². The molecule has 11 heterocycles. The van der Waals surface area contributed by atoms with E-state index >= 15 is 0 Å². The number of rotatable bonds is 5. The number of fused-ring (bicyclic) bond motifs is 28. The topological polar surface area (TPSA) is 78.2 Å². The van der Waals surface area contributed by atoms with Gasteiger partial charge in [0.1, 0.15) is 0 Å². The standard InChI is InChI=1S/C43H30N4.C27H21ClN2.C27H20N2.C21H16BrN.BrH/c1-43(2)31-20-10-12-23-36(31)46-37-24-25-38-39(40(37)30-19-13-21-32(43)41(30)46)29-18-9-11-22-35(29)47(38)42-44-33(27-14-5-3-6-15-27)26-34(45-42)28-16-7-4-8-17-28;1-27(2)20-9-3-6-13-25(20)30-24-15-14-17(29-23-12-5-4-11-22(23)28)16-19(24)18-8-7-10-21(27)26(18)30;1-27(2)18-10-4-6-13-22(18)29-23-15-14-21-24(16-8-3-5-12-20(16)28-21)25(23)17-9-7-11-19(27)26(17)29;1-21(2)16-7-3-4-9-19(16)23-18-11-10-13(22)12-15(18)14-6-5-8-17(21)20(14)23;/h3-26H,1-2H3;3-16,29H,1-2H3;3-15,28H,1-2H3;3-12H,1-2H3;1H/p-1. The highest BCUT2D eigenvalue weighted by Crippen LogP contribution is 2.55. The van der Waals surface area contributed by atoms with E-state index in [0.29, 0.717) is 5.95 Å². The molecule has 0 unspecified atom stereocenters. The van der Waals surface area contributed by atoms with Gasteiger partial charge in [0.15, 0.2) is 0 Å². The van der Waals surface area contributed by atoms with E-state index in [9.17, 15) is 0 Å². The van der Waals surface area contributed by atoms with Gasteiger partial charge < -0.3 is 45.6 Å². The molecule has 0 saturated heterocycles. The van der Waals surface area contributed by atoms with Gasteiger partial charge in [-0.15, -0.1) is 0 Å². The average Bonchev–Trinajstić information content (AvgIpc) is 1.50. The molecule has 0 amide bonds. The number of aromatic amines is 1. The third-order valence-electron chi connectivity index (χ3n) is 28.7. The fourth-order valence-electron chi connectivity index (χ4n) is 22.7. The molecule has 0 saturated carbocycles. The molecule has 0 fully saturated rings. The predicted octanol–water partition coefficient (Wildman–Crippen LogP) is 28.7. The maximum Gasteiger partial charge on any atom is 0.235 e. The highest BCUT2D eigenvalue weighted by Gasteiger charge is 2.41. The summed E-state index contributed by atoms with van der Waals surface area (Å²) in [5.41, 5.74) is 36.7. The molecule has 7 aromatic heterocycles. The number of nitrogens with zero attached hydrogens (tertiary/aromatic N) is 7. The molecule has 0 atom stereocenters. The minimum Gasteiger partial charge on any atom is -1.00 e. The first kappa shape index (κ1) is 79.1. The van der Waals surface area contributed by atoms with Crippen molar-refractivity contribution in [2.24, 2.45) is 0 Å². The van der Waals surface area contributed by atoms with Crippen LogP contribution in [0.2, 0.25) is 5.02 Å². The summed E-state index contributed by atoms with van der Waals surface area (Å²) in [5, 5.41) is 19.7. The highest BCUT2D eigenvalue weighted by molar-refractivity contribution is 9.10. The van der Waals surface area contributed by atoms with E-state index in [1.165, 1.54) is 187 Å². The van der Waals surface area contributed by atoms with E-state index in [0.717, 1.165) is 54.4 Å². The van der Waals surface area contributed by atoms with E-state index in [2.05, 4.69) is 438 Å². The molecule has 0 spiro atoms. The Hall–Kier alpha value is -14.3. The van der Waals surface area contributed by atoms with Crippen LogP contribution in [0.5, 0.6) is 0 Å². The summed E-state index contributed by atoms with van der Waals surface area (Å²) < 4.78 is 13.2. The van der Waals surface area contributed by atoms with Gasteiger partial charge in [-0.2, -0.15) is 0 Å². The van der Waals surface area contributed by atoms with E-state index in [4.69, 9.17) is 21.6 Å². The summed E-state index contributed by atoms with van der Waals surface area (Å²) in [7, 11) is 0. The first-order valence-corrected chi connectivity index (χ1v) is 45.8. The van der Waals surface area contributed by atoms with Gasteiger partial charge >= 0.3 is 0 Å². The molecule has 17 aromatic carbocycles. The molecule has 2 N–H and O–H groups in total. The van der Waals surface area contributed by atoms with Crippen LogP contribution in [0.15, 0.2) is 375 Å². The lowest BCUT2D eigenvalue weighted by Crippen LogP contribution is -3.00. The largest absolute Gasteiger partial charge is 1.00 e. The second-order valence-electron chi connectivity index (χ2n) is 37.1. The van der Waals surface area contributed by atoms with Gasteiger partial charge in [-0.3, -0.25) is 4.57 Å². The molecule has 24 aromatic rings. The van der Waals surface area contributed by atoms with Crippen molar-refractivity contribution in [3.63, 3.8) is 0 Å². The van der Waals surface area contributed by atoms with E-state index in [1.807, 2.05) is 36.4 Å². The third-order valence-corrected chi connectivity index (χ3v) is 29.5. The van der Waals surface area contributed by atoms with E-state index in [-0.39, 0.29) is 38.6 Å². The van der Waals surface area contributed by atoms with Gasteiger partial charge in [0.05, 0.1) is 100 Å². The van der Waals surface area contributed by atoms with Crippen LogP contribution >= 0.6 is 27.5 Å². The summed E-state index contributed by atoms with van der Waals surface area (Å²) in [6.07, 6.45) is 0. The number of aromatic nitrogens is 8. The molecule has 0 aliphatic carbocycles. The Morgan fingerprint density at radius 2 is 0.631 bits per heavy atom. The molecule has 28 rings (SSSR count). The van der Waals surface area contributed by atoms with Gasteiger partial charge in [-0.1, -0.05) is 338 Å². The number of nitrogens with one attached hydrogen (secondary N) is 2. The summed E-state index contributed by atoms with van der Waals surface area (Å²) >= 11 is 9.99. The first-order valence-electron chi connectivity index (χ1n) is 44.6. The molecular weight excluding hydrogens is 1740 g/mol. The number of hydrogen-bond donors (Lipinski definition) is 2. The molecule has 9 nitrogen and oxygen atoms in total. The van der Waals surface area contributed by atoms with Gasteiger partial charge in [0, 0.05) is 119 Å². The second kappa shape index (κ2) is 29.4. The lowest BCUT2D eigenvalue weighted by atomic mass is 9.75. The number of H-pyrrole nitrogens is 1. The van der Waals surface area contributed by atoms with Crippen molar-refractivity contribution in [1.82, 2.24) is 37.8 Å². The van der Waals surface area contributed by atoms with Crippen LogP contribution in [-0.2, 0) is 21.7 Å². The first-order chi connectivity index (χ1) is 62.9. The van der Waals surface area contributed by atoms with Crippen molar-refractivity contribution in [3.8, 4) is 51.2 Å². The maximum atomic E-state index is 6.36. The molecule has 130 heavy (non-hydrogen) atoms. The van der Waals surface area contributed by atoms with Crippen LogP contribution in [0.25, 0.3) is 182 Å². The van der Waals surface area contributed by atoms with Crippen LogP contribution in [-0.4, -0.2) is 37.8 Å². The van der Waals surface area contributed by atoms with Crippen molar-refractivity contribution in [1.29, 1.82) is 0 Å². The molecule has 12 heteroatoms. The maximum absolute atomic E-state index is 6.36. The summed E-state index contributed by atoms with van der Waals surface area (Å²) in [5.74, 6) is 0.663. The van der Waals surface area contributed by atoms with Gasteiger partial charge in [-0.05, 0) is 160 Å².